The van der Waals surface area contributed by atoms with Gasteiger partial charge in [-0.1, -0.05) is 46.4 Å². The Balaban J connectivity index is 2.33. The number of hydrogen-bond donors (Lipinski definition) is 0. The van der Waals surface area contributed by atoms with E-state index in [2.05, 4.69) is 4.98 Å². The van der Waals surface area contributed by atoms with Crippen LogP contribution >= 0.6 is 46.4 Å². The minimum atomic E-state index is 0.332. The molecule has 0 unspecified atom stereocenters. The Labute approximate surface area is 118 Å². The Morgan fingerprint density at radius 1 is 0.882 bits per heavy atom. The van der Waals surface area contributed by atoms with E-state index in [0.29, 0.717) is 31.7 Å². The molecule has 0 fully saturated rings. The fourth-order valence-corrected chi connectivity index (χ4v) is 1.90. The van der Waals surface area contributed by atoms with E-state index in [1.807, 2.05) is 0 Å². The third-order valence-corrected chi connectivity index (χ3v) is 3.12. The molecule has 1 aromatic heterocycles. The summed E-state index contributed by atoms with van der Waals surface area (Å²) in [6.45, 7) is 0. The molecule has 0 N–H and O–H groups in total. The average Bonchev–Trinajstić information content (AvgIpc) is 2.26. The molecule has 0 aliphatic carbocycles. The smallest absolute Gasteiger partial charge is 0.147 e. The highest BCUT2D eigenvalue weighted by Crippen LogP contribution is 2.36. The maximum absolute atomic E-state index is 5.97. The highest BCUT2D eigenvalue weighted by Gasteiger charge is 2.08. The third kappa shape index (κ3) is 3.17. The second-order valence-corrected chi connectivity index (χ2v) is 4.72. The van der Waals surface area contributed by atoms with E-state index in [1.165, 1.54) is 12.3 Å². The molecule has 2 nitrogen and oxygen atoms in total. The van der Waals surface area contributed by atoms with Gasteiger partial charge in [0.15, 0.2) is 0 Å². The summed E-state index contributed by atoms with van der Waals surface area (Å²) < 4.78 is 5.53. The van der Waals surface area contributed by atoms with Gasteiger partial charge in [-0.3, -0.25) is 0 Å². The molecule has 0 saturated heterocycles. The third-order valence-electron chi connectivity index (χ3n) is 1.90. The van der Waals surface area contributed by atoms with Gasteiger partial charge in [0, 0.05) is 18.3 Å². The van der Waals surface area contributed by atoms with E-state index in [9.17, 15) is 0 Å². The molecular weight excluding hydrogens is 304 g/mol. The van der Waals surface area contributed by atoms with Gasteiger partial charge >= 0.3 is 0 Å². The van der Waals surface area contributed by atoms with E-state index < -0.39 is 0 Å². The van der Waals surface area contributed by atoms with Crippen molar-refractivity contribution < 1.29 is 4.74 Å². The summed E-state index contributed by atoms with van der Waals surface area (Å²) in [4.78, 5) is 3.84. The first-order chi connectivity index (χ1) is 8.06. The lowest BCUT2D eigenvalue weighted by atomic mass is 10.3. The van der Waals surface area contributed by atoms with Crippen LogP contribution in [0.4, 0.5) is 0 Å². The first-order valence-corrected chi connectivity index (χ1v) is 6.01. The van der Waals surface area contributed by atoms with Crippen LogP contribution < -0.4 is 4.74 Å². The van der Waals surface area contributed by atoms with Gasteiger partial charge in [-0.15, -0.1) is 0 Å². The lowest BCUT2D eigenvalue weighted by Crippen LogP contribution is -1.86. The summed E-state index contributed by atoms with van der Waals surface area (Å²) in [6, 6.07) is 6.29. The van der Waals surface area contributed by atoms with Crippen LogP contribution in [0.3, 0.4) is 0 Å². The molecule has 1 aromatic carbocycles. The maximum Gasteiger partial charge on any atom is 0.147 e. The molecule has 0 amide bonds. The number of rotatable bonds is 2. The van der Waals surface area contributed by atoms with Gasteiger partial charge in [0.2, 0.25) is 0 Å². The van der Waals surface area contributed by atoms with Gasteiger partial charge < -0.3 is 4.74 Å². The van der Waals surface area contributed by atoms with Crippen molar-refractivity contribution in [2.75, 3.05) is 0 Å². The Kier molecular flexibility index (Phi) is 4.00. The molecular formula is C11H5Cl4NO. The van der Waals surface area contributed by atoms with Gasteiger partial charge in [-0.2, -0.15) is 0 Å². The molecule has 0 spiro atoms. The number of aromatic nitrogens is 1. The van der Waals surface area contributed by atoms with Crippen molar-refractivity contribution in [3.05, 3.63) is 50.7 Å². The molecule has 0 bridgehead atoms. The lowest BCUT2D eigenvalue weighted by Gasteiger charge is -2.08. The van der Waals surface area contributed by atoms with Crippen molar-refractivity contribution in [1.29, 1.82) is 0 Å². The first kappa shape index (κ1) is 12.8. The van der Waals surface area contributed by atoms with Crippen molar-refractivity contribution in [1.82, 2.24) is 4.98 Å². The number of nitrogens with zero attached hydrogens (tertiary/aromatic N) is 1. The molecule has 0 saturated carbocycles. The van der Waals surface area contributed by atoms with Crippen LogP contribution in [-0.2, 0) is 0 Å². The lowest BCUT2D eigenvalue weighted by molar-refractivity contribution is 0.482. The van der Waals surface area contributed by atoms with Crippen LogP contribution in [0.5, 0.6) is 11.5 Å². The van der Waals surface area contributed by atoms with E-state index >= 15 is 0 Å². The van der Waals surface area contributed by atoms with Crippen LogP contribution in [0.15, 0.2) is 30.5 Å². The fraction of sp³-hybridized carbons (Fsp3) is 0. The summed E-state index contributed by atoms with van der Waals surface area (Å²) in [5.74, 6) is 0.925. The predicted octanol–water partition coefficient (Wildman–Crippen LogP) is 5.49. The summed E-state index contributed by atoms with van der Waals surface area (Å²) in [7, 11) is 0. The van der Waals surface area contributed by atoms with Crippen molar-refractivity contribution in [3.8, 4) is 11.5 Å². The molecule has 0 aliphatic rings. The first-order valence-electron chi connectivity index (χ1n) is 4.50. The summed E-state index contributed by atoms with van der Waals surface area (Å²) in [5, 5.41) is 1.44. The minimum absolute atomic E-state index is 0.332. The molecule has 88 valence electrons. The van der Waals surface area contributed by atoms with E-state index in [-0.39, 0.29) is 0 Å². The van der Waals surface area contributed by atoms with Crippen LogP contribution in [0.25, 0.3) is 0 Å². The van der Waals surface area contributed by atoms with E-state index in [4.69, 9.17) is 51.1 Å². The van der Waals surface area contributed by atoms with Crippen LogP contribution in [0.1, 0.15) is 0 Å². The molecule has 2 aromatic rings. The molecule has 6 heteroatoms. The van der Waals surface area contributed by atoms with Crippen LogP contribution in [-0.4, -0.2) is 4.98 Å². The Morgan fingerprint density at radius 3 is 2.29 bits per heavy atom. The standard InChI is InChI=1S/C11H5Cl4NO/c12-7-4-9(14)10(5-8(7)13)17-6-1-2-16-11(15)3-6/h1-5H. The van der Waals surface area contributed by atoms with Crippen molar-refractivity contribution >= 4 is 46.4 Å². The molecule has 0 atom stereocenters. The zero-order valence-corrected chi connectivity index (χ0v) is 11.3. The zero-order chi connectivity index (χ0) is 12.4. The second kappa shape index (κ2) is 5.32. The zero-order valence-electron chi connectivity index (χ0n) is 8.25. The highest BCUT2D eigenvalue weighted by molar-refractivity contribution is 6.43. The average molecular weight is 309 g/mol. The van der Waals surface area contributed by atoms with Crippen molar-refractivity contribution in [2.24, 2.45) is 0 Å². The monoisotopic (exact) mass is 307 g/mol. The summed E-state index contributed by atoms with van der Waals surface area (Å²) in [5.41, 5.74) is 0. The number of halogens is 4. The number of benzene rings is 1. The summed E-state index contributed by atoms with van der Waals surface area (Å²) in [6.07, 6.45) is 1.53. The van der Waals surface area contributed by atoms with Crippen LogP contribution in [0.2, 0.25) is 20.2 Å². The number of ether oxygens (including phenoxy) is 1. The molecule has 0 radical (unpaired) electrons. The SMILES string of the molecule is Clc1cc(Oc2cc(Cl)c(Cl)cc2Cl)ccn1. The van der Waals surface area contributed by atoms with Crippen molar-refractivity contribution in [2.45, 2.75) is 0 Å². The maximum atomic E-state index is 5.97. The second-order valence-electron chi connectivity index (χ2n) is 3.11. The largest absolute Gasteiger partial charge is 0.456 e. The van der Waals surface area contributed by atoms with Crippen LogP contribution in [0, 0.1) is 0 Å². The van der Waals surface area contributed by atoms with E-state index in [1.54, 1.807) is 18.2 Å². The Morgan fingerprint density at radius 2 is 1.59 bits per heavy atom. The molecule has 2 rings (SSSR count). The van der Waals surface area contributed by atoms with Gasteiger partial charge in [0.05, 0.1) is 15.1 Å². The van der Waals surface area contributed by atoms with Crippen molar-refractivity contribution in [3.63, 3.8) is 0 Å². The Hall–Kier alpha value is -0.670. The Bertz CT molecular complexity index is 559. The number of hydrogen-bond acceptors (Lipinski definition) is 2. The molecule has 0 aliphatic heterocycles. The normalized spacial score (nSPS) is 10.4. The van der Waals surface area contributed by atoms with Gasteiger partial charge in [0.1, 0.15) is 16.7 Å². The molecule has 1 heterocycles. The predicted molar refractivity (Wildman–Crippen MR) is 70.8 cm³/mol. The minimum Gasteiger partial charge on any atom is -0.456 e. The van der Waals surface area contributed by atoms with E-state index in [0.717, 1.165) is 0 Å². The van der Waals surface area contributed by atoms with Gasteiger partial charge in [-0.05, 0) is 12.1 Å². The van der Waals surface area contributed by atoms with Gasteiger partial charge in [0.25, 0.3) is 0 Å². The fourth-order valence-electron chi connectivity index (χ4n) is 1.16. The quantitative estimate of drug-likeness (QED) is 0.541. The highest BCUT2D eigenvalue weighted by atomic mass is 35.5. The van der Waals surface area contributed by atoms with Gasteiger partial charge in [-0.25, -0.2) is 4.98 Å². The topological polar surface area (TPSA) is 22.1 Å². The molecule has 17 heavy (non-hydrogen) atoms. The number of pyridine rings is 1. The summed E-state index contributed by atoms with van der Waals surface area (Å²) >= 11 is 23.4.